The van der Waals surface area contributed by atoms with Crippen molar-refractivity contribution in [3.63, 3.8) is 0 Å². The van der Waals surface area contributed by atoms with Crippen LogP contribution in [0.1, 0.15) is 40.6 Å². The molecule has 108 valence electrons. The van der Waals surface area contributed by atoms with Gasteiger partial charge in [-0.2, -0.15) is 0 Å². The van der Waals surface area contributed by atoms with E-state index < -0.39 is 11.9 Å². The number of carboxylic acids is 1. The molecule has 1 aromatic rings. The average molecular weight is 278 g/mol. The Morgan fingerprint density at radius 3 is 2.80 bits per heavy atom. The van der Waals surface area contributed by atoms with Crippen LogP contribution in [0.15, 0.2) is 18.3 Å². The third kappa shape index (κ3) is 3.33. The minimum atomic E-state index is -1.15. The van der Waals surface area contributed by atoms with Crippen molar-refractivity contribution in [1.29, 1.82) is 0 Å². The lowest BCUT2D eigenvalue weighted by Gasteiger charge is -2.28. The molecule has 1 amide bonds. The molecule has 1 aliphatic rings. The average Bonchev–Trinajstić information content (AvgIpc) is 2.48. The number of carbonyl (C=O) groups is 2. The van der Waals surface area contributed by atoms with Gasteiger partial charge < -0.3 is 15.2 Å². The van der Waals surface area contributed by atoms with E-state index in [4.69, 9.17) is 9.84 Å². The Morgan fingerprint density at radius 1 is 1.45 bits per heavy atom. The van der Waals surface area contributed by atoms with Gasteiger partial charge >= 0.3 is 5.97 Å². The molecule has 2 heterocycles. The fourth-order valence-corrected chi connectivity index (χ4v) is 2.37. The highest BCUT2D eigenvalue weighted by Crippen LogP contribution is 2.19. The summed E-state index contributed by atoms with van der Waals surface area (Å²) in [5, 5.41) is 11.9. The summed E-state index contributed by atoms with van der Waals surface area (Å²) in [6.45, 7) is 3.33. The lowest BCUT2D eigenvalue weighted by atomic mass is 9.93. The normalized spacial score (nSPS) is 17.4. The first-order chi connectivity index (χ1) is 9.59. The number of hydrogen-bond donors (Lipinski definition) is 2. The van der Waals surface area contributed by atoms with E-state index in [0.717, 1.165) is 12.8 Å². The zero-order chi connectivity index (χ0) is 14.5. The standard InChI is InChI=1S/C14H18N2O4/c1-9(10-4-7-20-8-5-10)16-13(17)12-11(14(18)19)3-2-6-15-12/h2-3,6,9-10H,4-5,7-8H2,1H3,(H,16,17)(H,18,19). The van der Waals surface area contributed by atoms with Gasteiger partial charge in [0, 0.05) is 25.5 Å². The van der Waals surface area contributed by atoms with E-state index in [0.29, 0.717) is 19.1 Å². The first-order valence-electron chi connectivity index (χ1n) is 6.66. The predicted octanol–water partition coefficient (Wildman–Crippen LogP) is 1.32. The van der Waals surface area contributed by atoms with Gasteiger partial charge in [0.2, 0.25) is 0 Å². The molecule has 6 heteroatoms. The van der Waals surface area contributed by atoms with Crippen molar-refractivity contribution < 1.29 is 19.4 Å². The van der Waals surface area contributed by atoms with E-state index in [1.807, 2.05) is 6.92 Å². The number of hydrogen-bond acceptors (Lipinski definition) is 4. The van der Waals surface area contributed by atoms with E-state index in [2.05, 4.69) is 10.3 Å². The maximum Gasteiger partial charge on any atom is 0.338 e. The number of carboxylic acid groups (broad SMARTS) is 1. The number of nitrogens with one attached hydrogen (secondary N) is 1. The molecule has 1 unspecified atom stereocenters. The second-order valence-electron chi connectivity index (χ2n) is 4.92. The van der Waals surface area contributed by atoms with Crippen LogP contribution in [0, 0.1) is 5.92 Å². The SMILES string of the molecule is CC(NC(=O)c1ncccc1C(=O)O)C1CCOCC1. The van der Waals surface area contributed by atoms with Crippen LogP contribution >= 0.6 is 0 Å². The van der Waals surface area contributed by atoms with Crippen molar-refractivity contribution >= 4 is 11.9 Å². The molecule has 0 radical (unpaired) electrons. The first kappa shape index (κ1) is 14.5. The molecule has 0 aliphatic carbocycles. The van der Waals surface area contributed by atoms with Gasteiger partial charge in [-0.3, -0.25) is 9.78 Å². The van der Waals surface area contributed by atoms with Crippen LogP contribution in [0.2, 0.25) is 0 Å². The summed E-state index contributed by atoms with van der Waals surface area (Å²) >= 11 is 0. The van der Waals surface area contributed by atoms with Gasteiger partial charge in [0.15, 0.2) is 0 Å². The van der Waals surface area contributed by atoms with Crippen molar-refractivity contribution in [2.75, 3.05) is 13.2 Å². The molecule has 0 saturated carbocycles. The number of pyridine rings is 1. The monoisotopic (exact) mass is 278 g/mol. The maximum atomic E-state index is 12.2. The number of aromatic carboxylic acids is 1. The third-order valence-electron chi connectivity index (χ3n) is 3.59. The van der Waals surface area contributed by atoms with Gasteiger partial charge in [0.1, 0.15) is 5.69 Å². The van der Waals surface area contributed by atoms with Gasteiger partial charge in [-0.05, 0) is 37.8 Å². The summed E-state index contributed by atoms with van der Waals surface area (Å²) in [5.41, 5.74) is -0.122. The first-order valence-corrected chi connectivity index (χ1v) is 6.66. The molecule has 0 spiro atoms. The Kier molecular flexibility index (Phi) is 4.68. The Balaban J connectivity index is 2.06. The molecule has 1 aromatic heterocycles. The number of carbonyl (C=O) groups excluding carboxylic acids is 1. The number of ether oxygens (including phenoxy) is 1. The Hall–Kier alpha value is -1.95. The largest absolute Gasteiger partial charge is 0.478 e. The molecular weight excluding hydrogens is 260 g/mol. The highest BCUT2D eigenvalue weighted by atomic mass is 16.5. The predicted molar refractivity (Wildman–Crippen MR) is 71.7 cm³/mol. The second kappa shape index (κ2) is 6.47. The summed E-state index contributed by atoms with van der Waals surface area (Å²) in [5.74, 6) is -1.24. The molecular formula is C14H18N2O4. The van der Waals surface area contributed by atoms with E-state index in [9.17, 15) is 9.59 Å². The van der Waals surface area contributed by atoms with E-state index >= 15 is 0 Å². The fourth-order valence-electron chi connectivity index (χ4n) is 2.37. The zero-order valence-electron chi connectivity index (χ0n) is 11.3. The molecule has 1 atom stereocenters. The van der Waals surface area contributed by atoms with Crippen molar-refractivity contribution in [3.05, 3.63) is 29.6 Å². The zero-order valence-corrected chi connectivity index (χ0v) is 11.3. The number of rotatable bonds is 4. The van der Waals surface area contributed by atoms with E-state index in [1.54, 1.807) is 0 Å². The van der Waals surface area contributed by atoms with Gasteiger partial charge in [-0.15, -0.1) is 0 Å². The minimum absolute atomic E-state index is 0.0324. The van der Waals surface area contributed by atoms with Crippen molar-refractivity contribution in [2.24, 2.45) is 5.92 Å². The highest BCUT2D eigenvalue weighted by molar-refractivity contribution is 6.03. The van der Waals surface area contributed by atoms with Crippen molar-refractivity contribution in [3.8, 4) is 0 Å². The summed E-state index contributed by atoms with van der Waals surface area (Å²) in [6, 6.07) is 2.85. The molecule has 6 nitrogen and oxygen atoms in total. The fraction of sp³-hybridized carbons (Fsp3) is 0.500. The van der Waals surface area contributed by atoms with Crippen LogP contribution < -0.4 is 5.32 Å². The summed E-state index contributed by atoms with van der Waals surface area (Å²) in [4.78, 5) is 27.1. The van der Waals surface area contributed by atoms with Gasteiger partial charge in [-0.25, -0.2) is 4.79 Å². The van der Waals surface area contributed by atoms with Crippen LogP contribution in [-0.2, 0) is 4.74 Å². The maximum absolute atomic E-state index is 12.2. The van der Waals surface area contributed by atoms with Crippen LogP contribution in [0.3, 0.4) is 0 Å². The number of nitrogens with zero attached hydrogens (tertiary/aromatic N) is 1. The van der Waals surface area contributed by atoms with Crippen LogP contribution in [0.5, 0.6) is 0 Å². The van der Waals surface area contributed by atoms with Crippen molar-refractivity contribution in [2.45, 2.75) is 25.8 Å². The van der Waals surface area contributed by atoms with E-state index in [-0.39, 0.29) is 17.3 Å². The minimum Gasteiger partial charge on any atom is -0.478 e. The lowest BCUT2D eigenvalue weighted by molar-refractivity contribution is 0.0536. The topological polar surface area (TPSA) is 88.5 Å². The second-order valence-corrected chi connectivity index (χ2v) is 4.92. The molecule has 2 N–H and O–H groups in total. The van der Waals surface area contributed by atoms with Gasteiger partial charge in [0.05, 0.1) is 5.56 Å². The highest BCUT2D eigenvalue weighted by Gasteiger charge is 2.24. The van der Waals surface area contributed by atoms with Crippen molar-refractivity contribution in [1.82, 2.24) is 10.3 Å². The molecule has 0 bridgehead atoms. The summed E-state index contributed by atoms with van der Waals surface area (Å²) in [6.07, 6.45) is 3.21. The summed E-state index contributed by atoms with van der Waals surface area (Å²) < 4.78 is 5.29. The molecule has 2 rings (SSSR count). The van der Waals surface area contributed by atoms with Gasteiger partial charge in [-0.1, -0.05) is 0 Å². The van der Waals surface area contributed by atoms with Crippen LogP contribution in [0.4, 0.5) is 0 Å². The molecule has 1 aliphatic heterocycles. The quantitative estimate of drug-likeness (QED) is 0.867. The summed E-state index contributed by atoms with van der Waals surface area (Å²) in [7, 11) is 0. The molecule has 0 aromatic carbocycles. The lowest BCUT2D eigenvalue weighted by Crippen LogP contribution is -2.41. The van der Waals surface area contributed by atoms with Gasteiger partial charge in [0.25, 0.3) is 5.91 Å². The number of amides is 1. The Bertz CT molecular complexity index is 498. The van der Waals surface area contributed by atoms with Crippen LogP contribution in [0.25, 0.3) is 0 Å². The smallest absolute Gasteiger partial charge is 0.338 e. The Labute approximate surface area is 117 Å². The number of aromatic nitrogens is 1. The van der Waals surface area contributed by atoms with E-state index in [1.165, 1.54) is 18.3 Å². The molecule has 20 heavy (non-hydrogen) atoms. The molecule has 1 saturated heterocycles. The molecule has 1 fully saturated rings. The van der Waals surface area contributed by atoms with Crippen LogP contribution in [-0.4, -0.2) is 41.2 Å². The third-order valence-corrected chi connectivity index (χ3v) is 3.59. The Morgan fingerprint density at radius 2 is 2.15 bits per heavy atom.